The zero-order valence-corrected chi connectivity index (χ0v) is 19.6. The number of aromatic nitrogens is 2. The Morgan fingerprint density at radius 1 is 0.758 bits per heavy atom. The van der Waals surface area contributed by atoms with E-state index in [9.17, 15) is 14.4 Å². The van der Waals surface area contributed by atoms with Gasteiger partial charge in [0.25, 0.3) is 5.78 Å². The maximum atomic E-state index is 12.2. The normalized spacial score (nSPS) is 11.4. The van der Waals surface area contributed by atoms with Crippen molar-refractivity contribution in [2.75, 3.05) is 0 Å². The van der Waals surface area contributed by atoms with Crippen molar-refractivity contribution in [3.63, 3.8) is 0 Å². The quantitative estimate of drug-likeness (QED) is 0.235. The second-order valence-electron chi connectivity index (χ2n) is 7.06. The Kier molecular flexibility index (Phi) is 8.90. The first kappa shape index (κ1) is 26.2. The molecule has 0 aliphatic carbocycles. The molecule has 2 heterocycles. The SMILES string of the molecule is N#Cc1ccc(-[n+]2ccc(-c3cc[n+](C(c4ccccc4)P(=O)(O)O)cc3)cc2)cc1.[Cl-].[Cl-]. The number of halogens is 2. The van der Waals surface area contributed by atoms with Crippen molar-refractivity contribution >= 4 is 7.60 Å². The molecule has 6 nitrogen and oxygen atoms in total. The minimum atomic E-state index is -4.41. The van der Waals surface area contributed by atoms with Crippen molar-refractivity contribution in [1.29, 1.82) is 5.26 Å². The van der Waals surface area contributed by atoms with E-state index >= 15 is 0 Å². The molecule has 0 amide bonds. The van der Waals surface area contributed by atoms with Crippen molar-refractivity contribution < 1.29 is 48.3 Å². The molecule has 4 aromatic rings. The molecular formula is C24H20Cl2N3O3P. The molecule has 168 valence electrons. The van der Waals surface area contributed by atoms with Crippen LogP contribution in [0.5, 0.6) is 0 Å². The Labute approximate surface area is 204 Å². The molecule has 0 radical (unpaired) electrons. The third-order valence-electron chi connectivity index (χ3n) is 5.01. The van der Waals surface area contributed by atoms with E-state index in [1.807, 2.05) is 59.4 Å². The molecule has 1 unspecified atom stereocenters. The summed E-state index contributed by atoms with van der Waals surface area (Å²) in [6.07, 6.45) is 7.24. The largest absolute Gasteiger partial charge is 1.00 e. The van der Waals surface area contributed by atoms with E-state index in [4.69, 9.17) is 5.26 Å². The van der Waals surface area contributed by atoms with E-state index in [0.29, 0.717) is 11.1 Å². The highest BCUT2D eigenvalue weighted by atomic mass is 35.5. The Hall–Kier alpha value is -3.04. The highest BCUT2D eigenvalue weighted by Crippen LogP contribution is 2.49. The van der Waals surface area contributed by atoms with Crippen molar-refractivity contribution in [1.82, 2.24) is 0 Å². The van der Waals surface area contributed by atoms with E-state index in [-0.39, 0.29) is 24.8 Å². The van der Waals surface area contributed by atoms with Crippen molar-refractivity contribution in [2.24, 2.45) is 0 Å². The molecule has 0 bridgehead atoms. The van der Waals surface area contributed by atoms with Crippen LogP contribution in [-0.4, -0.2) is 9.79 Å². The van der Waals surface area contributed by atoms with Gasteiger partial charge in [-0.05, 0) is 23.3 Å². The van der Waals surface area contributed by atoms with Gasteiger partial charge in [0.05, 0.1) is 11.6 Å². The number of rotatable bonds is 5. The average Bonchev–Trinajstić information content (AvgIpc) is 2.80. The number of hydrogen-bond donors (Lipinski definition) is 2. The third kappa shape index (κ3) is 6.06. The number of hydrogen-bond acceptors (Lipinski definition) is 2. The molecule has 4 rings (SSSR count). The standard InChI is InChI=1S/C24H18N3O3P.2ClH/c25-18-19-6-8-23(9-7-19)26-14-10-20(11-15-26)21-12-16-27(17-13-21)24(31(28,29)30)22-4-2-1-3-5-22;;/h1-17,24H;2*1H. The first-order chi connectivity index (χ1) is 15.0. The summed E-state index contributed by atoms with van der Waals surface area (Å²) in [4.78, 5) is 19.8. The zero-order chi connectivity index (χ0) is 21.8. The Balaban J connectivity index is 0.00000193. The predicted molar refractivity (Wildman–Crippen MR) is 115 cm³/mol. The van der Waals surface area contributed by atoms with Crippen LogP contribution in [0.2, 0.25) is 0 Å². The fraction of sp³-hybridized carbons (Fsp3) is 0.0417. The van der Waals surface area contributed by atoms with Gasteiger partial charge in [0.2, 0.25) is 5.69 Å². The van der Waals surface area contributed by atoms with E-state index in [1.54, 1.807) is 53.4 Å². The molecule has 0 aliphatic rings. The van der Waals surface area contributed by atoms with Gasteiger partial charge in [-0.3, -0.25) is 4.57 Å². The first-order valence-corrected chi connectivity index (χ1v) is 11.3. The molecule has 0 spiro atoms. The Morgan fingerprint density at radius 2 is 1.27 bits per heavy atom. The second kappa shape index (κ2) is 11.2. The molecule has 2 aromatic carbocycles. The van der Waals surface area contributed by atoms with Gasteiger partial charge in [0, 0.05) is 42.0 Å². The number of pyridine rings is 2. The van der Waals surface area contributed by atoms with E-state index in [0.717, 1.165) is 16.8 Å². The Bertz CT molecular complexity index is 1270. The molecule has 1 atom stereocenters. The lowest BCUT2D eigenvalue weighted by molar-refractivity contribution is -0.695. The lowest BCUT2D eigenvalue weighted by Gasteiger charge is -2.14. The van der Waals surface area contributed by atoms with E-state index < -0.39 is 13.4 Å². The van der Waals surface area contributed by atoms with Crippen molar-refractivity contribution in [3.05, 3.63) is 115 Å². The van der Waals surface area contributed by atoms with Crippen LogP contribution in [0.25, 0.3) is 16.8 Å². The first-order valence-electron chi connectivity index (χ1n) is 9.59. The molecule has 2 N–H and O–H groups in total. The summed E-state index contributed by atoms with van der Waals surface area (Å²) in [5.74, 6) is -1.07. The predicted octanol–water partition coefficient (Wildman–Crippen LogP) is -2.48. The monoisotopic (exact) mass is 499 g/mol. The van der Waals surface area contributed by atoms with Crippen LogP contribution >= 0.6 is 7.60 Å². The smallest absolute Gasteiger partial charge is 0.398 e. The summed E-state index contributed by atoms with van der Waals surface area (Å²) < 4.78 is 15.6. The average molecular weight is 500 g/mol. The summed E-state index contributed by atoms with van der Waals surface area (Å²) in [6, 6.07) is 25.8. The van der Waals surface area contributed by atoms with Crippen LogP contribution in [0.4, 0.5) is 0 Å². The van der Waals surface area contributed by atoms with Gasteiger partial charge in [-0.25, -0.2) is 0 Å². The number of nitriles is 1. The minimum Gasteiger partial charge on any atom is -1.00 e. The van der Waals surface area contributed by atoms with Crippen LogP contribution in [0.3, 0.4) is 0 Å². The van der Waals surface area contributed by atoms with Crippen LogP contribution in [-0.2, 0) is 4.57 Å². The molecule has 33 heavy (non-hydrogen) atoms. The molecule has 0 saturated carbocycles. The van der Waals surface area contributed by atoms with Gasteiger partial charge in [0.15, 0.2) is 24.8 Å². The maximum Gasteiger partial charge on any atom is 0.398 e. The van der Waals surface area contributed by atoms with Crippen molar-refractivity contribution in [2.45, 2.75) is 5.78 Å². The van der Waals surface area contributed by atoms with E-state index in [2.05, 4.69) is 6.07 Å². The summed E-state index contributed by atoms with van der Waals surface area (Å²) in [6.45, 7) is 0. The fourth-order valence-electron chi connectivity index (χ4n) is 3.46. The molecule has 2 aromatic heterocycles. The van der Waals surface area contributed by atoms with Gasteiger partial charge < -0.3 is 34.6 Å². The van der Waals surface area contributed by atoms with Crippen molar-refractivity contribution in [3.8, 4) is 22.9 Å². The number of nitrogens with zero attached hydrogens (tertiary/aromatic N) is 3. The lowest BCUT2D eigenvalue weighted by Crippen LogP contribution is -3.00. The summed E-state index contributed by atoms with van der Waals surface area (Å²) >= 11 is 0. The molecule has 0 fully saturated rings. The maximum absolute atomic E-state index is 12.2. The molecule has 0 saturated heterocycles. The van der Waals surface area contributed by atoms with Crippen LogP contribution in [0.1, 0.15) is 16.9 Å². The highest BCUT2D eigenvalue weighted by molar-refractivity contribution is 7.51. The molecule has 0 aliphatic heterocycles. The van der Waals surface area contributed by atoms with Crippen LogP contribution < -0.4 is 33.9 Å². The van der Waals surface area contributed by atoms with Gasteiger partial charge in [-0.1, -0.05) is 30.3 Å². The highest BCUT2D eigenvalue weighted by Gasteiger charge is 2.38. The van der Waals surface area contributed by atoms with E-state index in [1.165, 1.54) is 0 Å². The fourth-order valence-corrected chi connectivity index (χ4v) is 4.52. The van der Waals surface area contributed by atoms with Crippen LogP contribution in [0.15, 0.2) is 104 Å². The zero-order valence-electron chi connectivity index (χ0n) is 17.2. The van der Waals surface area contributed by atoms with Gasteiger partial charge in [-0.15, -0.1) is 0 Å². The second-order valence-corrected chi connectivity index (χ2v) is 8.73. The minimum absolute atomic E-state index is 0. The molecule has 9 heteroatoms. The lowest BCUT2D eigenvalue weighted by atomic mass is 10.1. The topological polar surface area (TPSA) is 89.1 Å². The Morgan fingerprint density at radius 3 is 1.76 bits per heavy atom. The number of benzene rings is 2. The molecular weight excluding hydrogens is 480 g/mol. The third-order valence-corrected chi connectivity index (χ3v) is 6.21. The van der Waals surface area contributed by atoms with Crippen LogP contribution in [0, 0.1) is 11.3 Å². The summed E-state index contributed by atoms with van der Waals surface area (Å²) in [7, 11) is -4.41. The summed E-state index contributed by atoms with van der Waals surface area (Å²) in [5, 5.41) is 8.92. The summed E-state index contributed by atoms with van der Waals surface area (Å²) in [5.41, 5.74) is 4.02. The van der Waals surface area contributed by atoms with Gasteiger partial charge in [-0.2, -0.15) is 14.4 Å². The van der Waals surface area contributed by atoms with Gasteiger partial charge in [0.1, 0.15) is 0 Å². The van der Waals surface area contributed by atoms with Gasteiger partial charge >= 0.3 is 7.60 Å².